The lowest BCUT2D eigenvalue weighted by Gasteiger charge is -2.28. The zero-order valence-electron chi connectivity index (χ0n) is 15.2. The molecule has 7 nitrogen and oxygen atoms in total. The summed E-state index contributed by atoms with van der Waals surface area (Å²) in [6, 6.07) is 16.1. The van der Waals surface area contributed by atoms with E-state index in [1.807, 2.05) is 42.5 Å². The second-order valence-electron chi connectivity index (χ2n) is 7.12. The van der Waals surface area contributed by atoms with Crippen molar-refractivity contribution in [2.75, 3.05) is 13.2 Å². The van der Waals surface area contributed by atoms with Crippen LogP contribution in [0.2, 0.25) is 0 Å². The van der Waals surface area contributed by atoms with E-state index in [9.17, 15) is 9.59 Å². The first kappa shape index (κ1) is 16.7. The number of hydrogen-bond donors (Lipinski definition) is 1. The number of carbonyl (C=O) groups is 2. The molecule has 1 fully saturated rings. The van der Waals surface area contributed by atoms with E-state index in [0.29, 0.717) is 22.8 Å². The van der Waals surface area contributed by atoms with E-state index in [0.717, 1.165) is 10.3 Å². The van der Waals surface area contributed by atoms with Gasteiger partial charge in [-0.25, -0.2) is 4.79 Å². The Kier molecular flexibility index (Phi) is 3.58. The molecule has 2 aromatic carbocycles. The molecule has 3 heterocycles. The highest BCUT2D eigenvalue weighted by atomic mass is 16.6. The minimum atomic E-state index is -1.26. The molecule has 0 spiro atoms. The number of benzene rings is 2. The molecule has 1 N–H and O–H groups in total. The summed E-state index contributed by atoms with van der Waals surface area (Å²) in [6.45, 7) is 2.00. The molecule has 2 aliphatic heterocycles. The highest BCUT2D eigenvalue weighted by Crippen LogP contribution is 2.35. The average molecular weight is 378 g/mol. The van der Waals surface area contributed by atoms with Gasteiger partial charge in [-0.05, 0) is 31.2 Å². The van der Waals surface area contributed by atoms with Gasteiger partial charge in [0, 0.05) is 5.39 Å². The van der Waals surface area contributed by atoms with Crippen LogP contribution in [0.25, 0.3) is 11.0 Å². The van der Waals surface area contributed by atoms with Crippen LogP contribution in [0.15, 0.2) is 59.0 Å². The fraction of sp³-hybridized carbons (Fsp3) is 0.238. The number of imide groups is 1. The van der Waals surface area contributed by atoms with Crippen molar-refractivity contribution in [1.29, 1.82) is 0 Å². The molecular formula is C21H18N2O5. The van der Waals surface area contributed by atoms with Crippen molar-refractivity contribution < 1.29 is 23.5 Å². The van der Waals surface area contributed by atoms with E-state index in [4.69, 9.17) is 13.9 Å². The summed E-state index contributed by atoms with van der Waals surface area (Å²) in [5, 5.41) is 3.64. The van der Waals surface area contributed by atoms with Crippen molar-refractivity contribution in [3.8, 4) is 11.5 Å². The number of carbonyl (C=O) groups excluding carboxylic acids is 2. The normalized spacial score (nSPS) is 23.9. The molecule has 3 aromatic rings. The Bertz CT molecular complexity index is 1060. The topological polar surface area (TPSA) is 81.0 Å². The highest BCUT2D eigenvalue weighted by Gasteiger charge is 2.52. The zero-order chi connectivity index (χ0) is 19.3. The summed E-state index contributed by atoms with van der Waals surface area (Å²) >= 11 is 0. The number of furan rings is 1. The van der Waals surface area contributed by atoms with Gasteiger partial charge in [0.15, 0.2) is 23.1 Å². The summed E-state index contributed by atoms with van der Waals surface area (Å²) < 4.78 is 17.4. The summed E-state index contributed by atoms with van der Waals surface area (Å²) in [5.41, 5.74) is -0.594. The fourth-order valence-electron chi connectivity index (χ4n) is 3.61. The van der Waals surface area contributed by atoms with Crippen LogP contribution in [-0.2, 0) is 10.3 Å². The van der Waals surface area contributed by atoms with Gasteiger partial charge in [-0.3, -0.25) is 9.69 Å². The molecule has 2 aliphatic rings. The van der Waals surface area contributed by atoms with E-state index in [1.165, 1.54) is 0 Å². The molecule has 28 heavy (non-hydrogen) atoms. The Morgan fingerprint density at radius 2 is 1.86 bits per heavy atom. The van der Waals surface area contributed by atoms with Gasteiger partial charge in [-0.15, -0.1) is 0 Å². The third-order valence-corrected chi connectivity index (χ3v) is 5.15. The van der Waals surface area contributed by atoms with Gasteiger partial charge < -0.3 is 19.2 Å². The van der Waals surface area contributed by atoms with Crippen LogP contribution in [0, 0.1) is 0 Å². The van der Waals surface area contributed by atoms with E-state index in [-0.39, 0.29) is 19.1 Å². The molecule has 5 rings (SSSR count). The summed E-state index contributed by atoms with van der Waals surface area (Å²) in [5.74, 6) is 1.29. The summed E-state index contributed by atoms with van der Waals surface area (Å²) in [6.07, 6.45) is -0.442. The van der Waals surface area contributed by atoms with Gasteiger partial charge >= 0.3 is 6.03 Å². The number of nitrogens with one attached hydrogen (secondary N) is 1. The van der Waals surface area contributed by atoms with Crippen LogP contribution in [0.1, 0.15) is 12.7 Å². The summed E-state index contributed by atoms with van der Waals surface area (Å²) in [7, 11) is 0. The monoisotopic (exact) mass is 378 g/mol. The van der Waals surface area contributed by atoms with Crippen LogP contribution in [0.5, 0.6) is 11.5 Å². The van der Waals surface area contributed by atoms with E-state index in [2.05, 4.69) is 5.32 Å². The van der Waals surface area contributed by atoms with Crippen molar-refractivity contribution >= 4 is 22.9 Å². The largest absolute Gasteiger partial charge is 0.486 e. The highest BCUT2D eigenvalue weighted by molar-refractivity contribution is 6.07. The Hall–Kier alpha value is -3.48. The first-order valence-corrected chi connectivity index (χ1v) is 9.06. The molecule has 0 aliphatic carbocycles. The molecule has 142 valence electrons. The van der Waals surface area contributed by atoms with E-state index in [1.54, 1.807) is 19.1 Å². The lowest BCUT2D eigenvalue weighted by molar-refractivity contribution is -0.132. The molecule has 3 amide bonds. The number of hydrogen-bond acceptors (Lipinski definition) is 5. The van der Waals surface area contributed by atoms with Crippen LogP contribution >= 0.6 is 0 Å². The van der Waals surface area contributed by atoms with Gasteiger partial charge in [-0.1, -0.05) is 30.3 Å². The lowest BCUT2D eigenvalue weighted by Crippen LogP contribution is -2.45. The first-order valence-electron chi connectivity index (χ1n) is 9.06. The van der Waals surface area contributed by atoms with Gasteiger partial charge in [-0.2, -0.15) is 0 Å². The number of urea groups is 1. The molecule has 0 radical (unpaired) electrons. The fourth-order valence-corrected chi connectivity index (χ4v) is 3.61. The van der Waals surface area contributed by atoms with Crippen molar-refractivity contribution in [3.05, 3.63) is 60.4 Å². The van der Waals surface area contributed by atoms with E-state index >= 15 is 0 Å². The first-order chi connectivity index (χ1) is 13.5. The second-order valence-corrected chi connectivity index (χ2v) is 7.12. The number of rotatable bonds is 3. The van der Waals surface area contributed by atoms with Gasteiger partial charge in [0.25, 0.3) is 5.91 Å². The van der Waals surface area contributed by atoms with Crippen molar-refractivity contribution in [2.24, 2.45) is 0 Å². The smallest absolute Gasteiger partial charge is 0.325 e. The third-order valence-electron chi connectivity index (χ3n) is 5.15. The summed E-state index contributed by atoms with van der Waals surface area (Å²) in [4.78, 5) is 26.8. The zero-order valence-corrected chi connectivity index (χ0v) is 15.2. The molecule has 0 saturated carbocycles. The molecule has 0 unspecified atom stereocenters. The second kappa shape index (κ2) is 6.02. The maximum absolute atomic E-state index is 13.1. The van der Waals surface area contributed by atoms with Crippen LogP contribution in [-0.4, -0.2) is 36.1 Å². The van der Waals surface area contributed by atoms with Crippen LogP contribution < -0.4 is 14.8 Å². The minimum Gasteiger partial charge on any atom is -0.486 e. The maximum Gasteiger partial charge on any atom is 0.325 e. The number of nitrogens with zero attached hydrogens (tertiary/aromatic N) is 1. The molecule has 0 bridgehead atoms. The predicted octanol–water partition coefficient (Wildman–Crippen LogP) is 3.04. The Morgan fingerprint density at radius 3 is 2.68 bits per heavy atom. The molecular weight excluding hydrogens is 360 g/mol. The quantitative estimate of drug-likeness (QED) is 0.709. The van der Waals surface area contributed by atoms with Gasteiger partial charge in [0.2, 0.25) is 0 Å². The minimum absolute atomic E-state index is 0.0921. The predicted molar refractivity (Wildman–Crippen MR) is 100 cm³/mol. The van der Waals surface area contributed by atoms with Gasteiger partial charge in [0.05, 0.1) is 6.54 Å². The standard InChI is InChI=1S/C21H18N2O5/c1-21(18-10-13-6-2-3-7-15(13)28-18)19(24)23(20(25)22-21)11-14-12-26-16-8-4-5-9-17(16)27-14/h2-10,14H,11-12H2,1H3,(H,22,25)/t14-,21-/m1/s1. The van der Waals surface area contributed by atoms with Crippen LogP contribution in [0.4, 0.5) is 4.79 Å². The van der Waals surface area contributed by atoms with E-state index < -0.39 is 17.7 Å². The lowest BCUT2D eigenvalue weighted by atomic mass is 9.99. The number of para-hydroxylation sites is 3. The third kappa shape index (κ3) is 2.51. The Balaban J connectivity index is 1.38. The number of ether oxygens (including phenoxy) is 2. The molecule has 1 aromatic heterocycles. The van der Waals surface area contributed by atoms with Crippen molar-refractivity contribution in [3.63, 3.8) is 0 Å². The van der Waals surface area contributed by atoms with Crippen molar-refractivity contribution in [2.45, 2.75) is 18.6 Å². The number of fused-ring (bicyclic) bond motifs is 2. The molecule has 7 heteroatoms. The maximum atomic E-state index is 13.1. The van der Waals surface area contributed by atoms with Gasteiger partial charge in [0.1, 0.15) is 18.0 Å². The van der Waals surface area contributed by atoms with Crippen molar-refractivity contribution in [1.82, 2.24) is 10.2 Å². The van der Waals surface area contributed by atoms with Crippen LogP contribution in [0.3, 0.4) is 0 Å². The molecule has 1 saturated heterocycles. The average Bonchev–Trinajstić information content (AvgIpc) is 3.24. The Morgan fingerprint density at radius 1 is 1.11 bits per heavy atom. The number of amides is 3. The molecule has 2 atom stereocenters. The SMILES string of the molecule is C[C@]1(c2cc3ccccc3o2)NC(=O)N(C[C@@H]2COc3ccccc3O2)C1=O. The Labute approximate surface area is 160 Å².